The lowest BCUT2D eigenvalue weighted by atomic mass is 9.95. The molecule has 150 valence electrons. The smallest absolute Gasteiger partial charge is 0.323 e. The number of benzene rings is 1. The fraction of sp³-hybridized carbons (Fsp3) is 0.579. The molecule has 0 aliphatic carbocycles. The highest BCUT2D eigenvalue weighted by molar-refractivity contribution is 7.89. The highest BCUT2D eigenvalue weighted by Crippen LogP contribution is 2.26. The van der Waals surface area contributed by atoms with Gasteiger partial charge in [-0.05, 0) is 45.2 Å². The Hall–Kier alpha value is -1.93. The molecule has 1 aliphatic rings. The Morgan fingerprint density at radius 1 is 1.22 bits per heavy atom. The monoisotopic (exact) mass is 396 g/mol. The van der Waals surface area contributed by atoms with Gasteiger partial charge in [0, 0.05) is 25.0 Å². The van der Waals surface area contributed by atoms with E-state index in [0.717, 1.165) is 5.56 Å². The maximum atomic E-state index is 12.8. The molecule has 0 bridgehead atoms. The number of carbonyl (C=O) groups excluding carboxylic acids is 1. The molecule has 0 spiro atoms. The largest absolute Gasteiger partial charge is 0.480 e. The van der Waals surface area contributed by atoms with Gasteiger partial charge < -0.3 is 10.0 Å². The molecule has 1 atom stereocenters. The molecule has 0 saturated carbocycles. The van der Waals surface area contributed by atoms with Crippen molar-refractivity contribution in [1.82, 2.24) is 9.21 Å². The molecule has 0 radical (unpaired) electrons. The molecule has 1 N–H and O–H groups in total. The van der Waals surface area contributed by atoms with Crippen molar-refractivity contribution in [2.45, 2.75) is 51.0 Å². The number of aliphatic carboxylic acids is 1. The van der Waals surface area contributed by atoms with Crippen LogP contribution in [0, 0.1) is 12.8 Å². The average Bonchev–Trinajstić information content (AvgIpc) is 2.65. The van der Waals surface area contributed by atoms with Crippen molar-refractivity contribution in [3.63, 3.8) is 0 Å². The number of amides is 1. The summed E-state index contributed by atoms with van der Waals surface area (Å²) in [6, 6.07) is 6.56. The summed E-state index contributed by atoms with van der Waals surface area (Å²) in [7, 11) is -3.57. The molecule has 1 saturated heterocycles. The van der Waals surface area contributed by atoms with Crippen LogP contribution in [0.3, 0.4) is 0 Å². The Labute approximate surface area is 161 Å². The van der Waals surface area contributed by atoms with Gasteiger partial charge >= 0.3 is 5.97 Å². The van der Waals surface area contributed by atoms with Crippen molar-refractivity contribution < 1.29 is 23.1 Å². The Balaban J connectivity index is 2.06. The normalized spacial score (nSPS) is 17.4. The lowest BCUT2D eigenvalue weighted by molar-refractivity contribution is -0.148. The van der Waals surface area contributed by atoms with E-state index in [-0.39, 0.29) is 42.4 Å². The minimum atomic E-state index is -3.57. The quantitative estimate of drug-likeness (QED) is 0.762. The van der Waals surface area contributed by atoms with Crippen molar-refractivity contribution in [1.29, 1.82) is 0 Å². The van der Waals surface area contributed by atoms with Crippen molar-refractivity contribution in [3.8, 4) is 0 Å². The third-order valence-electron chi connectivity index (χ3n) is 5.17. The predicted octanol–water partition coefficient (Wildman–Crippen LogP) is 2.11. The Morgan fingerprint density at radius 3 is 2.26 bits per heavy atom. The molecule has 1 aliphatic heterocycles. The molecule has 27 heavy (non-hydrogen) atoms. The minimum Gasteiger partial charge on any atom is -0.480 e. The van der Waals surface area contributed by atoms with E-state index in [2.05, 4.69) is 0 Å². The van der Waals surface area contributed by atoms with Crippen molar-refractivity contribution in [3.05, 3.63) is 29.8 Å². The van der Waals surface area contributed by atoms with E-state index in [1.54, 1.807) is 24.3 Å². The van der Waals surface area contributed by atoms with Gasteiger partial charge in [-0.25, -0.2) is 8.42 Å². The third kappa shape index (κ3) is 5.07. The number of hydrogen-bond acceptors (Lipinski definition) is 4. The molecule has 1 amide bonds. The third-order valence-corrected chi connectivity index (χ3v) is 7.09. The summed E-state index contributed by atoms with van der Waals surface area (Å²) in [5.41, 5.74) is 0.988. The second kappa shape index (κ2) is 8.84. The fourth-order valence-electron chi connectivity index (χ4n) is 3.25. The first kappa shape index (κ1) is 21.4. The van der Waals surface area contributed by atoms with E-state index in [0.29, 0.717) is 19.3 Å². The van der Waals surface area contributed by atoms with Crippen LogP contribution in [0.2, 0.25) is 0 Å². The number of piperidine rings is 1. The standard InChI is InChI=1S/C19H28N2O5S/c1-4-15(3)21(13-18(22)23)19(24)16-9-11-20(12-10-16)27(25,26)17-7-5-14(2)6-8-17/h5-8,15-16H,4,9-13H2,1-3H3,(H,22,23). The summed E-state index contributed by atoms with van der Waals surface area (Å²) < 4.78 is 26.9. The summed E-state index contributed by atoms with van der Waals surface area (Å²) in [6.45, 7) is 5.83. The van der Waals surface area contributed by atoms with Gasteiger partial charge in [0.2, 0.25) is 15.9 Å². The molecule has 1 fully saturated rings. The summed E-state index contributed by atoms with van der Waals surface area (Å²) >= 11 is 0. The average molecular weight is 397 g/mol. The highest BCUT2D eigenvalue weighted by Gasteiger charge is 2.35. The molecule has 0 aromatic heterocycles. The van der Waals surface area contributed by atoms with Crippen molar-refractivity contribution in [2.24, 2.45) is 5.92 Å². The van der Waals surface area contributed by atoms with Gasteiger partial charge in [-0.2, -0.15) is 4.31 Å². The van der Waals surface area contributed by atoms with Crippen molar-refractivity contribution >= 4 is 21.9 Å². The molecular weight excluding hydrogens is 368 g/mol. The summed E-state index contributed by atoms with van der Waals surface area (Å²) in [5.74, 6) is -1.58. The first-order valence-corrected chi connectivity index (χ1v) is 10.7. The molecular formula is C19H28N2O5S. The van der Waals surface area contributed by atoms with Crippen LogP contribution in [-0.2, 0) is 19.6 Å². The molecule has 2 rings (SSSR count). The number of carboxylic acids is 1. The van der Waals surface area contributed by atoms with E-state index < -0.39 is 16.0 Å². The second-order valence-corrected chi connectivity index (χ2v) is 9.05. The molecule has 7 nitrogen and oxygen atoms in total. The number of aryl methyl sites for hydroxylation is 1. The van der Waals surface area contributed by atoms with Gasteiger partial charge in [-0.15, -0.1) is 0 Å². The van der Waals surface area contributed by atoms with Crippen LogP contribution in [0.15, 0.2) is 29.2 Å². The van der Waals surface area contributed by atoms with Crippen LogP contribution in [-0.4, -0.2) is 60.3 Å². The van der Waals surface area contributed by atoms with Crippen LogP contribution in [0.5, 0.6) is 0 Å². The molecule has 8 heteroatoms. The van der Waals surface area contributed by atoms with Crippen LogP contribution in [0.25, 0.3) is 0 Å². The fourth-order valence-corrected chi connectivity index (χ4v) is 4.72. The maximum absolute atomic E-state index is 12.8. The molecule has 1 aromatic carbocycles. The van der Waals surface area contributed by atoms with Gasteiger partial charge in [0.25, 0.3) is 0 Å². The zero-order chi connectivity index (χ0) is 20.2. The number of sulfonamides is 1. The summed E-state index contributed by atoms with van der Waals surface area (Å²) in [4.78, 5) is 25.5. The van der Waals surface area contributed by atoms with E-state index in [4.69, 9.17) is 5.11 Å². The Morgan fingerprint density at radius 2 is 1.78 bits per heavy atom. The van der Waals surface area contributed by atoms with Crippen LogP contribution in [0.4, 0.5) is 0 Å². The number of carboxylic acid groups (broad SMARTS) is 1. The molecule has 1 unspecified atom stereocenters. The van der Waals surface area contributed by atoms with E-state index >= 15 is 0 Å². The lowest BCUT2D eigenvalue weighted by Crippen LogP contribution is -2.48. The molecule has 1 heterocycles. The predicted molar refractivity (Wildman–Crippen MR) is 102 cm³/mol. The van der Waals surface area contributed by atoms with Gasteiger partial charge in [-0.1, -0.05) is 24.6 Å². The highest BCUT2D eigenvalue weighted by atomic mass is 32.2. The van der Waals surface area contributed by atoms with E-state index in [1.165, 1.54) is 9.21 Å². The Kier molecular flexibility index (Phi) is 7.00. The maximum Gasteiger partial charge on any atom is 0.323 e. The summed E-state index contributed by atoms with van der Waals surface area (Å²) in [6.07, 6.45) is 1.46. The Bertz CT molecular complexity index is 768. The van der Waals surface area contributed by atoms with Crippen molar-refractivity contribution in [2.75, 3.05) is 19.6 Å². The van der Waals surface area contributed by atoms with Gasteiger partial charge in [0.1, 0.15) is 6.54 Å². The lowest BCUT2D eigenvalue weighted by Gasteiger charge is -2.35. The summed E-state index contributed by atoms with van der Waals surface area (Å²) in [5, 5.41) is 9.09. The van der Waals surface area contributed by atoms with Crippen LogP contribution in [0.1, 0.15) is 38.7 Å². The number of nitrogens with zero attached hydrogens (tertiary/aromatic N) is 2. The van der Waals surface area contributed by atoms with Gasteiger partial charge in [0.15, 0.2) is 0 Å². The van der Waals surface area contributed by atoms with Crippen LogP contribution < -0.4 is 0 Å². The number of rotatable bonds is 7. The SMILES string of the molecule is CCC(C)N(CC(=O)O)C(=O)C1CCN(S(=O)(=O)c2ccc(C)cc2)CC1. The van der Waals surface area contributed by atoms with Crippen LogP contribution >= 0.6 is 0 Å². The van der Waals surface area contributed by atoms with E-state index in [9.17, 15) is 18.0 Å². The van der Waals surface area contributed by atoms with Gasteiger partial charge in [0.05, 0.1) is 4.90 Å². The van der Waals surface area contributed by atoms with E-state index in [1.807, 2.05) is 20.8 Å². The molecule has 1 aromatic rings. The van der Waals surface area contributed by atoms with Gasteiger partial charge in [-0.3, -0.25) is 9.59 Å². The first-order valence-electron chi connectivity index (χ1n) is 9.26. The topological polar surface area (TPSA) is 95.0 Å². The zero-order valence-electron chi connectivity index (χ0n) is 16.1. The minimum absolute atomic E-state index is 0.164. The second-order valence-electron chi connectivity index (χ2n) is 7.11. The zero-order valence-corrected chi connectivity index (χ0v) is 16.9. The number of carbonyl (C=O) groups is 2. The number of hydrogen-bond donors (Lipinski definition) is 1. The first-order chi connectivity index (χ1) is 12.7.